The minimum absolute atomic E-state index is 0.0732. The van der Waals surface area contributed by atoms with Crippen LogP contribution >= 0.6 is 0 Å². The molecule has 4 nitrogen and oxygen atoms in total. The molecule has 15 heavy (non-hydrogen) atoms. The smallest absolute Gasteiger partial charge is 0.0612 e. The lowest BCUT2D eigenvalue weighted by molar-refractivity contribution is 0.127. The number of hydrogen-bond acceptors (Lipinski definition) is 3. The molecule has 2 rings (SSSR count). The first-order valence-corrected chi connectivity index (χ1v) is 5.54. The largest absolute Gasteiger partial charge is 0.394 e. The van der Waals surface area contributed by atoms with Crippen molar-refractivity contribution < 1.29 is 5.11 Å². The van der Waals surface area contributed by atoms with Crippen molar-refractivity contribution in [1.29, 1.82) is 0 Å². The van der Waals surface area contributed by atoms with E-state index in [4.69, 9.17) is 5.73 Å². The number of aromatic nitrogens is 2. The van der Waals surface area contributed by atoms with Crippen molar-refractivity contribution in [2.75, 3.05) is 6.61 Å². The lowest BCUT2D eigenvalue weighted by Crippen LogP contribution is -2.47. The first-order chi connectivity index (χ1) is 7.13. The third-order valence-electron chi connectivity index (χ3n) is 3.28. The van der Waals surface area contributed by atoms with Crippen LogP contribution < -0.4 is 5.73 Å². The molecule has 2 atom stereocenters. The Morgan fingerprint density at radius 1 is 1.73 bits per heavy atom. The normalized spacial score (nSPS) is 31.8. The van der Waals surface area contributed by atoms with Crippen molar-refractivity contribution in [3.63, 3.8) is 0 Å². The van der Waals surface area contributed by atoms with Crippen LogP contribution in [0, 0.1) is 6.92 Å². The van der Waals surface area contributed by atoms with E-state index in [9.17, 15) is 5.11 Å². The second-order valence-corrected chi connectivity index (χ2v) is 4.71. The minimum atomic E-state index is -0.400. The molecule has 1 aliphatic carbocycles. The Bertz CT molecular complexity index is 336. The highest BCUT2D eigenvalue weighted by Gasteiger charge is 2.33. The Balaban J connectivity index is 2.11. The van der Waals surface area contributed by atoms with E-state index in [1.165, 1.54) is 0 Å². The van der Waals surface area contributed by atoms with Gasteiger partial charge in [-0.2, -0.15) is 5.10 Å². The van der Waals surface area contributed by atoms with Gasteiger partial charge in [-0.05, 0) is 38.7 Å². The van der Waals surface area contributed by atoms with Crippen LogP contribution in [-0.2, 0) is 0 Å². The number of nitrogens with zero attached hydrogens (tertiary/aromatic N) is 2. The molecule has 4 heteroatoms. The van der Waals surface area contributed by atoms with Gasteiger partial charge in [-0.15, -0.1) is 0 Å². The minimum Gasteiger partial charge on any atom is -0.394 e. The van der Waals surface area contributed by atoms with Crippen molar-refractivity contribution in [2.45, 2.75) is 44.2 Å². The van der Waals surface area contributed by atoms with Gasteiger partial charge >= 0.3 is 0 Å². The van der Waals surface area contributed by atoms with E-state index in [0.29, 0.717) is 6.04 Å². The summed E-state index contributed by atoms with van der Waals surface area (Å²) in [6.07, 6.45) is 5.93. The van der Waals surface area contributed by atoms with Gasteiger partial charge in [-0.1, -0.05) is 0 Å². The van der Waals surface area contributed by atoms with E-state index in [2.05, 4.69) is 5.10 Å². The zero-order valence-corrected chi connectivity index (χ0v) is 9.19. The summed E-state index contributed by atoms with van der Waals surface area (Å²) in [5.74, 6) is 0. The number of nitrogens with two attached hydrogens (primary N) is 1. The van der Waals surface area contributed by atoms with Crippen LogP contribution in [0.4, 0.5) is 0 Å². The van der Waals surface area contributed by atoms with E-state index >= 15 is 0 Å². The van der Waals surface area contributed by atoms with E-state index in [-0.39, 0.29) is 6.61 Å². The first-order valence-electron chi connectivity index (χ1n) is 5.54. The van der Waals surface area contributed by atoms with Crippen molar-refractivity contribution in [1.82, 2.24) is 9.78 Å². The van der Waals surface area contributed by atoms with Crippen molar-refractivity contribution in [2.24, 2.45) is 5.73 Å². The lowest BCUT2D eigenvalue weighted by Gasteiger charge is -2.36. The summed E-state index contributed by atoms with van der Waals surface area (Å²) in [6, 6.07) is 2.36. The van der Waals surface area contributed by atoms with Crippen molar-refractivity contribution in [3.8, 4) is 0 Å². The fourth-order valence-electron chi connectivity index (χ4n) is 2.37. The van der Waals surface area contributed by atoms with Crippen LogP contribution in [0.15, 0.2) is 12.3 Å². The van der Waals surface area contributed by atoms with Crippen LogP contribution in [0.1, 0.15) is 37.4 Å². The Labute approximate surface area is 90.1 Å². The van der Waals surface area contributed by atoms with Gasteiger partial charge in [0.2, 0.25) is 0 Å². The third-order valence-corrected chi connectivity index (χ3v) is 3.28. The highest BCUT2D eigenvalue weighted by atomic mass is 16.3. The zero-order chi connectivity index (χ0) is 10.9. The second-order valence-electron chi connectivity index (χ2n) is 4.71. The molecule has 3 N–H and O–H groups in total. The number of hydrogen-bond donors (Lipinski definition) is 2. The summed E-state index contributed by atoms with van der Waals surface area (Å²) < 4.78 is 1.99. The van der Waals surface area contributed by atoms with Crippen LogP contribution in [-0.4, -0.2) is 27.0 Å². The molecule has 0 aromatic carbocycles. The topological polar surface area (TPSA) is 64.1 Å². The Kier molecular flexibility index (Phi) is 2.80. The predicted octanol–water partition coefficient (Wildman–Crippen LogP) is 0.996. The Morgan fingerprint density at radius 2 is 2.53 bits per heavy atom. The molecule has 1 fully saturated rings. The molecular weight excluding hydrogens is 190 g/mol. The van der Waals surface area contributed by atoms with Crippen molar-refractivity contribution in [3.05, 3.63) is 18.0 Å². The maximum absolute atomic E-state index is 9.27. The molecule has 0 bridgehead atoms. The summed E-state index contributed by atoms with van der Waals surface area (Å²) in [7, 11) is 0. The van der Waals surface area contributed by atoms with E-state index in [1.54, 1.807) is 0 Å². The fourth-order valence-corrected chi connectivity index (χ4v) is 2.37. The molecule has 1 aromatic heterocycles. The average Bonchev–Trinajstić information content (AvgIpc) is 2.65. The first kappa shape index (κ1) is 10.6. The SMILES string of the molecule is Cc1ccn(C2CCCC(N)(CO)C2)n1. The Hall–Kier alpha value is -0.870. The van der Waals surface area contributed by atoms with Crippen molar-refractivity contribution >= 4 is 0 Å². The van der Waals surface area contributed by atoms with Gasteiger partial charge in [0.05, 0.1) is 18.3 Å². The maximum Gasteiger partial charge on any atom is 0.0612 e. The van der Waals surface area contributed by atoms with E-state index in [0.717, 1.165) is 31.4 Å². The highest BCUT2D eigenvalue weighted by Crippen LogP contribution is 2.33. The maximum atomic E-state index is 9.27. The zero-order valence-electron chi connectivity index (χ0n) is 9.19. The number of rotatable bonds is 2. The predicted molar refractivity (Wildman–Crippen MR) is 58.5 cm³/mol. The molecule has 1 saturated carbocycles. The molecule has 0 aliphatic heterocycles. The van der Waals surface area contributed by atoms with Gasteiger partial charge in [0.1, 0.15) is 0 Å². The molecule has 0 spiro atoms. The van der Waals surface area contributed by atoms with E-state index < -0.39 is 5.54 Å². The van der Waals surface area contributed by atoms with Crippen LogP contribution in [0.2, 0.25) is 0 Å². The number of aliphatic hydroxyl groups excluding tert-OH is 1. The molecular formula is C11H19N3O. The Morgan fingerprint density at radius 3 is 3.13 bits per heavy atom. The molecule has 1 aliphatic rings. The standard InChI is InChI=1S/C11H19N3O/c1-9-4-6-14(13-9)10-3-2-5-11(12,7-10)8-15/h4,6,10,15H,2-3,5,7-8,12H2,1H3. The lowest BCUT2D eigenvalue weighted by atomic mass is 9.80. The summed E-state index contributed by atoms with van der Waals surface area (Å²) >= 11 is 0. The molecule has 0 saturated heterocycles. The van der Waals surface area contributed by atoms with Gasteiger partial charge in [0, 0.05) is 11.7 Å². The monoisotopic (exact) mass is 209 g/mol. The van der Waals surface area contributed by atoms with Crippen LogP contribution in [0.25, 0.3) is 0 Å². The molecule has 2 unspecified atom stereocenters. The molecule has 84 valence electrons. The molecule has 1 heterocycles. The summed E-state index contributed by atoms with van der Waals surface area (Å²) in [4.78, 5) is 0. The average molecular weight is 209 g/mol. The quantitative estimate of drug-likeness (QED) is 0.763. The van der Waals surface area contributed by atoms with Gasteiger partial charge in [-0.3, -0.25) is 4.68 Å². The summed E-state index contributed by atoms with van der Waals surface area (Å²) in [6.45, 7) is 2.06. The van der Waals surface area contributed by atoms with Gasteiger partial charge < -0.3 is 10.8 Å². The van der Waals surface area contributed by atoms with Crippen LogP contribution in [0.5, 0.6) is 0 Å². The number of aliphatic hydroxyl groups is 1. The van der Waals surface area contributed by atoms with Gasteiger partial charge in [-0.25, -0.2) is 0 Å². The van der Waals surface area contributed by atoms with Gasteiger partial charge in [0.25, 0.3) is 0 Å². The summed E-state index contributed by atoms with van der Waals surface area (Å²) in [5, 5.41) is 13.7. The second kappa shape index (κ2) is 3.94. The fraction of sp³-hybridized carbons (Fsp3) is 0.727. The van der Waals surface area contributed by atoms with Gasteiger partial charge in [0.15, 0.2) is 0 Å². The molecule has 0 radical (unpaired) electrons. The highest BCUT2D eigenvalue weighted by molar-refractivity contribution is 4.99. The third kappa shape index (κ3) is 2.21. The van der Waals surface area contributed by atoms with Crippen LogP contribution in [0.3, 0.4) is 0 Å². The summed E-state index contributed by atoms with van der Waals surface area (Å²) in [5.41, 5.74) is 6.74. The molecule has 0 amide bonds. The molecule has 1 aromatic rings. The van der Waals surface area contributed by atoms with E-state index in [1.807, 2.05) is 23.9 Å². The number of aryl methyl sites for hydroxylation is 1.